The first-order valence-electron chi connectivity index (χ1n) is 11.2. The lowest BCUT2D eigenvalue weighted by Gasteiger charge is -2.45. The van der Waals surface area contributed by atoms with Crippen molar-refractivity contribution in [1.29, 1.82) is 0 Å². The zero-order valence-electron chi connectivity index (χ0n) is 18.5. The van der Waals surface area contributed by atoms with Gasteiger partial charge in [0.05, 0.1) is 0 Å². The van der Waals surface area contributed by atoms with E-state index in [2.05, 4.69) is 9.80 Å². The number of Topliss-reactive ketones (excluding diaryl/α,β-unsaturated/α-hetero) is 1. The topological polar surface area (TPSA) is 23.6 Å². The summed E-state index contributed by atoms with van der Waals surface area (Å²) >= 11 is 0. The van der Waals surface area contributed by atoms with Gasteiger partial charge in [-0.3, -0.25) is 14.6 Å². The molecule has 1 unspecified atom stereocenters. The maximum Gasteiger partial charge on any atom is 0.188 e. The third-order valence-electron chi connectivity index (χ3n) is 6.98. The van der Waals surface area contributed by atoms with Gasteiger partial charge in [0, 0.05) is 55.8 Å². The van der Waals surface area contributed by atoms with E-state index in [1.807, 2.05) is 31.2 Å². The number of hydrogen-bond donors (Lipinski definition) is 0. The highest BCUT2D eigenvalue weighted by Crippen LogP contribution is 2.44. The minimum atomic E-state index is -0.966. The van der Waals surface area contributed by atoms with E-state index < -0.39 is 17.2 Å². The van der Waals surface area contributed by atoms with Crippen molar-refractivity contribution in [2.45, 2.75) is 25.4 Å². The van der Waals surface area contributed by atoms with Gasteiger partial charge in [-0.1, -0.05) is 42.0 Å². The Kier molecular flexibility index (Phi) is 5.59. The van der Waals surface area contributed by atoms with E-state index in [1.165, 1.54) is 12.1 Å². The van der Waals surface area contributed by atoms with Gasteiger partial charge in [0.25, 0.3) is 0 Å². The zero-order valence-corrected chi connectivity index (χ0v) is 18.5. The van der Waals surface area contributed by atoms with E-state index in [1.54, 1.807) is 12.1 Å². The van der Waals surface area contributed by atoms with Gasteiger partial charge in [0.2, 0.25) is 0 Å². The molecular weight excluding hydrogens is 425 g/mol. The molecule has 0 bridgehead atoms. The van der Waals surface area contributed by atoms with Gasteiger partial charge in [-0.15, -0.1) is 0 Å². The highest BCUT2D eigenvalue weighted by atomic mass is 19.1. The monoisotopic (exact) mass is 450 g/mol. The Morgan fingerprint density at radius 2 is 1.64 bits per heavy atom. The van der Waals surface area contributed by atoms with Crippen LogP contribution in [0.1, 0.15) is 32.6 Å². The molecule has 1 saturated heterocycles. The molecule has 1 aliphatic heterocycles. The average molecular weight is 451 g/mol. The number of rotatable bonds is 4. The average Bonchev–Trinajstić information content (AvgIpc) is 3.12. The van der Waals surface area contributed by atoms with Crippen LogP contribution in [0.3, 0.4) is 0 Å². The number of ketones is 1. The zero-order chi connectivity index (χ0) is 23.2. The molecule has 1 heterocycles. The first kappa shape index (κ1) is 21.9. The van der Waals surface area contributed by atoms with Crippen LogP contribution in [0.5, 0.6) is 0 Å². The molecule has 3 nitrogen and oxygen atoms in total. The summed E-state index contributed by atoms with van der Waals surface area (Å²) in [6.45, 7) is 4.59. The Labute approximate surface area is 191 Å². The largest absolute Gasteiger partial charge is 0.296 e. The van der Waals surface area contributed by atoms with Crippen molar-refractivity contribution < 1.29 is 18.0 Å². The fourth-order valence-corrected chi connectivity index (χ4v) is 5.28. The molecular formula is C27H25F3N2O. The maximum atomic E-state index is 14.7. The van der Waals surface area contributed by atoms with E-state index in [0.717, 1.165) is 23.3 Å². The molecule has 0 aromatic heterocycles. The van der Waals surface area contributed by atoms with Crippen molar-refractivity contribution in [3.63, 3.8) is 0 Å². The lowest BCUT2D eigenvalue weighted by atomic mass is 9.82. The van der Waals surface area contributed by atoms with Gasteiger partial charge in [-0.05, 0) is 36.8 Å². The van der Waals surface area contributed by atoms with E-state index >= 15 is 0 Å². The summed E-state index contributed by atoms with van der Waals surface area (Å²) in [4.78, 5) is 18.0. The molecule has 2 aliphatic rings. The predicted molar refractivity (Wildman–Crippen MR) is 120 cm³/mol. The lowest BCUT2D eigenvalue weighted by molar-refractivity contribution is 0.0284. The van der Waals surface area contributed by atoms with Crippen LogP contribution in [0.4, 0.5) is 13.2 Å². The molecule has 1 aliphatic carbocycles. The molecule has 1 atom stereocenters. The number of benzene rings is 3. The second-order valence-electron chi connectivity index (χ2n) is 9.00. The molecule has 0 saturated carbocycles. The summed E-state index contributed by atoms with van der Waals surface area (Å²) < 4.78 is 42.4. The smallest absolute Gasteiger partial charge is 0.188 e. The van der Waals surface area contributed by atoms with E-state index in [4.69, 9.17) is 0 Å². The number of aryl methyl sites for hydroxylation is 1. The van der Waals surface area contributed by atoms with Gasteiger partial charge in [-0.25, -0.2) is 13.2 Å². The summed E-state index contributed by atoms with van der Waals surface area (Å²) in [7, 11) is 0. The third-order valence-corrected chi connectivity index (χ3v) is 6.98. The van der Waals surface area contributed by atoms with Crippen LogP contribution in [0.15, 0.2) is 60.7 Å². The fourth-order valence-electron chi connectivity index (χ4n) is 5.28. The molecule has 1 fully saturated rings. The molecule has 0 amide bonds. The molecule has 33 heavy (non-hydrogen) atoms. The molecule has 6 heteroatoms. The van der Waals surface area contributed by atoms with Crippen LogP contribution in [0.25, 0.3) is 0 Å². The molecule has 0 radical (unpaired) electrons. The Hall–Kier alpha value is -2.96. The third kappa shape index (κ3) is 3.77. The van der Waals surface area contributed by atoms with Gasteiger partial charge in [-0.2, -0.15) is 0 Å². The summed E-state index contributed by atoms with van der Waals surface area (Å²) in [6.07, 6.45) is 0.288. The van der Waals surface area contributed by atoms with E-state index in [9.17, 15) is 18.0 Å². The molecule has 3 aromatic carbocycles. The molecule has 3 aromatic rings. The van der Waals surface area contributed by atoms with Gasteiger partial charge in [0.1, 0.15) is 23.0 Å². The van der Waals surface area contributed by atoms with E-state index in [0.29, 0.717) is 49.4 Å². The minimum Gasteiger partial charge on any atom is -0.296 e. The summed E-state index contributed by atoms with van der Waals surface area (Å²) in [5, 5.41) is 0. The van der Waals surface area contributed by atoms with E-state index in [-0.39, 0.29) is 18.0 Å². The minimum absolute atomic E-state index is 0.0766. The fraction of sp³-hybridized carbons (Fsp3) is 0.296. The first-order valence-corrected chi connectivity index (χ1v) is 11.2. The molecule has 0 N–H and O–H groups in total. The second kappa shape index (κ2) is 8.43. The molecule has 0 spiro atoms. The summed E-state index contributed by atoms with van der Waals surface area (Å²) in [6, 6.07) is 16.1. The summed E-state index contributed by atoms with van der Waals surface area (Å²) in [5.41, 5.74) is 2.17. The van der Waals surface area contributed by atoms with Crippen molar-refractivity contribution in [2.24, 2.45) is 0 Å². The van der Waals surface area contributed by atoms with Crippen LogP contribution in [-0.4, -0.2) is 41.8 Å². The van der Waals surface area contributed by atoms with Crippen LogP contribution in [0, 0.1) is 24.4 Å². The van der Waals surface area contributed by atoms with Crippen LogP contribution in [-0.2, 0) is 18.5 Å². The van der Waals surface area contributed by atoms with Crippen molar-refractivity contribution in [2.75, 3.05) is 26.2 Å². The summed E-state index contributed by atoms with van der Waals surface area (Å²) in [5.74, 6) is -1.31. The number of carbonyl (C=O) groups excluding carboxylic acids is 1. The Balaban J connectivity index is 1.44. The number of piperazine rings is 1. The van der Waals surface area contributed by atoms with Gasteiger partial charge in [0.15, 0.2) is 5.78 Å². The maximum absolute atomic E-state index is 14.7. The first-order chi connectivity index (χ1) is 15.9. The standard InChI is InChI=1S/C27H25F3N2O/c1-18-4-2-5-20(14-18)27(16-23-22(26(27)33)6-3-7-25(23)30)32-12-10-31(11-13-32)17-19-15-21(28)8-9-24(19)29/h2-9,14-15H,10-13,16-17H2,1H3. The Bertz CT molecular complexity index is 1220. The SMILES string of the molecule is Cc1cccc(C2(N3CCN(Cc4cc(F)ccc4F)CC3)Cc3c(F)cccc3C2=O)c1. The lowest BCUT2D eigenvalue weighted by Crippen LogP contribution is -2.58. The van der Waals surface area contributed by atoms with Crippen molar-refractivity contribution >= 4 is 5.78 Å². The highest BCUT2D eigenvalue weighted by Gasteiger charge is 2.52. The van der Waals surface area contributed by atoms with Crippen LogP contribution in [0.2, 0.25) is 0 Å². The number of carbonyl (C=O) groups is 1. The molecule has 170 valence electrons. The normalized spacial score (nSPS) is 21.4. The Morgan fingerprint density at radius 3 is 2.36 bits per heavy atom. The number of halogens is 3. The van der Waals surface area contributed by atoms with Crippen LogP contribution < -0.4 is 0 Å². The van der Waals surface area contributed by atoms with Crippen LogP contribution >= 0.6 is 0 Å². The molecule has 5 rings (SSSR count). The highest BCUT2D eigenvalue weighted by molar-refractivity contribution is 6.08. The number of fused-ring (bicyclic) bond motifs is 1. The predicted octanol–water partition coefficient (Wildman–Crippen LogP) is 4.86. The van der Waals surface area contributed by atoms with Crippen molar-refractivity contribution in [3.05, 3.63) is 106 Å². The Morgan fingerprint density at radius 1 is 0.879 bits per heavy atom. The number of nitrogens with zero attached hydrogens (tertiary/aromatic N) is 2. The van der Waals surface area contributed by atoms with Crippen molar-refractivity contribution in [1.82, 2.24) is 9.80 Å². The van der Waals surface area contributed by atoms with Crippen molar-refractivity contribution in [3.8, 4) is 0 Å². The second-order valence-corrected chi connectivity index (χ2v) is 9.00. The van der Waals surface area contributed by atoms with Gasteiger partial charge < -0.3 is 0 Å². The number of hydrogen-bond acceptors (Lipinski definition) is 3. The quantitative estimate of drug-likeness (QED) is 0.567. The van der Waals surface area contributed by atoms with Gasteiger partial charge >= 0.3 is 0 Å².